The van der Waals surface area contributed by atoms with Crippen molar-refractivity contribution in [2.24, 2.45) is 17.3 Å². The van der Waals surface area contributed by atoms with Crippen LogP contribution in [0.2, 0.25) is 0 Å². The van der Waals surface area contributed by atoms with Crippen molar-refractivity contribution in [2.45, 2.75) is 27.4 Å². The fraction of sp³-hybridized carbons (Fsp3) is 0.412. The predicted octanol–water partition coefficient (Wildman–Crippen LogP) is 3.89. The number of esters is 1. The summed E-state index contributed by atoms with van der Waals surface area (Å²) in [7, 11) is 0. The number of benzene rings is 1. The Morgan fingerprint density at radius 3 is 2.65 bits per heavy atom. The van der Waals surface area contributed by atoms with Crippen molar-refractivity contribution in [3.05, 3.63) is 46.8 Å². The van der Waals surface area contributed by atoms with Crippen LogP contribution in [0.25, 0.3) is 0 Å². The third kappa shape index (κ3) is 3.39. The Balaban J connectivity index is 2.06. The quantitative estimate of drug-likeness (QED) is 0.480. The third-order valence-corrected chi connectivity index (χ3v) is 4.21. The highest BCUT2D eigenvalue weighted by molar-refractivity contribution is 5.78. The van der Waals surface area contributed by atoms with Crippen molar-refractivity contribution in [2.75, 3.05) is 0 Å². The molecule has 23 heavy (non-hydrogen) atoms. The van der Waals surface area contributed by atoms with Gasteiger partial charge in [-0.25, -0.2) is 13.2 Å². The van der Waals surface area contributed by atoms with E-state index >= 15 is 0 Å². The number of nitrogens with zero attached hydrogens (tertiary/aromatic N) is 1. The summed E-state index contributed by atoms with van der Waals surface area (Å²) in [6.07, 6.45) is 1.70. The zero-order valence-corrected chi connectivity index (χ0v) is 13.0. The average molecular weight is 323 g/mol. The van der Waals surface area contributed by atoms with Gasteiger partial charge in [0.15, 0.2) is 11.6 Å². The zero-order valence-electron chi connectivity index (χ0n) is 13.0. The lowest BCUT2D eigenvalue weighted by atomic mass is 10.1. The molecule has 122 valence electrons. The summed E-state index contributed by atoms with van der Waals surface area (Å²) in [5.74, 6) is -4.69. The maximum absolute atomic E-state index is 13.5. The molecule has 3 nitrogen and oxygen atoms in total. The minimum atomic E-state index is -1.33. The van der Waals surface area contributed by atoms with Crippen LogP contribution in [0.3, 0.4) is 0 Å². The number of ether oxygens (including phenoxy) is 1. The largest absolute Gasteiger partial charge is 0.460 e. The van der Waals surface area contributed by atoms with Crippen LogP contribution in [0.4, 0.5) is 13.2 Å². The van der Waals surface area contributed by atoms with E-state index < -0.39 is 35.9 Å². The summed E-state index contributed by atoms with van der Waals surface area (Å²) < 4.78 is 44.7. The first-order valence-corrected chi connectivity index (χ1v) is 7.07. The molecule has 1 aliphatic carbocycles. The molecule has 1 saturated carbocycles. The van der Waals surface area contributed by atoms with E-state index in [2.05, 4.69) is 0 Å². The van der Waals surface area contributed by atoms with Gasteiger partial charge >= 0.3 is 5.97 Å². The Morgan fingerprint density at radius 1 is 1.39 bits per heavy atom. The van der Waals surface area contributed by atoms with Crippen LogP contribution in [-0.4, -0.2) is 5.97 Å². The number of allylic oxidation sites excluding steroid dienone is 2. The van der Waals surface area contributed by atoms with Gasteiger partial charge in [-0.15, -0.1) is 0 Å². The molecule has 1 aromatic rings. The van der Waals surface area contributed by atoms with E-state index in [0.717, 1.165) is 6.07 Å². The van der Waals surface area contributed by atoms with E-state index in [9.17, 15) is 18.0 Å². The molecule has 1 aromatic carbocycles. The van der Waals surface area contributed by atoms with Gasteiger partial charge in [-0.3, -0.25) is 4.79 Å². The number of rotatable bonds is 4. The minimum Gasteiger partial charge on any atom is -0.460 e. The highest BCUT2D eigenvalue weighted by Gasteiger charge is 2.61. The van der Waals surface area contributed by atoms with Crippen LogP contribution in [0, 0.1) is 46.0 Å². The molecule has 0 heterocycles. The lowest BCUT2D eigenvalue weighted by Gasteiger charge is -2.07. The number of carbonyl (C=O) groups excluding carboxylic acids is 1. The van der Waals surface area contributed by atoms with Crippen LogP contribution in [0.5, 0.6) is 0 Å². The van der Waals surface area contributed by atoms with Gasteiger partial charge in [0.25, 0.3) is 0 Å². The second kappa shape index (κ2) is 6.07. The Labute approximate surface area is 132 Å². The summed E-state index contributed by atoms with van der Waals surface area (Å²) in [5, 5.41) is 8.79. The second-order valence-electron chi connectivity index (χ2n) is 6.25. The zero-order chi connectivity index (χ0) is 17.4. The van der Waals surface area contributed by atoms with Crippen LogP contribution in [-0.2, 0) is 16.1 Å². The summed E-state index contributed by atoms with van der Waals surface area (Å²) in [5.41, 5.74) is -0.229. The standard InChI is InChI=1S/C17H16F3NO2/c1-9(7-21)4-12-14(17(12,2)3)16(22)23-8-10-5-11(18)6-13(19)15(10)20/h4-6,12,14H,8H2,1-3H3. The van der Waals surface area contributed by atoms with Crippen molar-refractivity contribution in [1.29, 1.82) is 5.26 Å². The van der Waals surface area contributed by atoms with E-state index in [1.165, 1.54) is 0 Å². The third-order valence-electron chi connectivity index (χ3n) is 4.21. The minimum absolute atomic E-state index is 0.149. The molecule has 1 fully saturated rings. The van der Waals surface area contributed by atoms with Crippen molar-refractivity contribution in [3.8, 4) is 6.07 Å². The highest BCUT2D eigenvalue weighted by Crippen LogP contribution is 2.59. The maximum Gasteiger partial charge on any atom is 0.310 e. The highest BCUT2D eigenvalue weighted by atomic mass is 19.2. The normalized spacial score (nSPS) is 22.4. The predicted molar refractivity (Wildman–Crippen MR) is 76.2 cm³/mol. The molecule has 0 N–H and O–H groups in total. The fourth-order valence-electron chi connectivity index (χ4n) is 2.70. The van der Waals surface area contributed by atoms with E-state index in [-0.39, 0.29) is 16.9 Å². The van der Waals surface area contributed by atoms with Gasteiger partial charge in [-0.1, -0.05) is 19.9 Å². The number of carbonyl (C=O) groups is 1. The van der Waals surface area contributed by atoms with Gasteiger partial charge in [0.05, 0.1) is 12.0 Å². The van der Waals surface area contributed by atoms with Gasteiger partial charge in [-0.2, -0.15) is 5.26 Å². The summed E-state index contributed by atoms with van der Waals surface area (Å²) in [6, 6.07) is 3.21. The molecule has 2 unspecified atom stereocenters. The molecule has 2 rings (SSSR count). The summed E-state index contributed by atoms with van der Waals surface area (Å²) in [6.45, 7) is 4.81. The molecule has 0 radical (unpaired) electrons. The Kier molecular flexibility index (Phi) is 4.51. The summed E-state index contributed by atoms with van der Waals surface area (Å²) in [4.78, 5) is 12.1. The topological polar surface area (TPSA) is 50.1 Å². The lowest BCUT2D eigenvalue weighted by Crippen LogP contribution is -2.12. The van der Waals surface area contributed by atoms with Crippen molar-refractivity contribution in [1.82, 2.24) is 0 Å². The molecule has 0 spiro atoms. The Morgan fingerprint density at radius 2 is 2.04 bits per heavy atom. The van der Waals surface area contributed by atoms with Crippen LogP contribution in [0.1, 0.15) is 26.3 Å². The Hall–Kier alpha value is -2.29. The van der Waals surface area contributed by atoms with Crippen LogP contribution in [0.15, 0.2) is 23.8 Å². The molecule has 0 aliphatic heterocycles. The monoisotopic (exact) mass is 323 g/mol. The molecular formula is C17H16F3NO2. The van der Waals surface area contributed by atoms with E-state index in [1.54, 1.807) is 13.0 Å². The molecule has 0 bridgehead atoms. The SMILES string of the molecule is CC(C#N)=CC1C(C(=O)OCc2cc(F)cc(F)c2F)C1(C)C. The molecule has 2 atom stereocenters. The van der Waals surface area contributed by atoms with E-state index in [1.807, 2.05) is 19.9 Å². The smallest absolute Gasteiger partial charge is 0.310 e. The van der Waals surface area contributed by atoms with Crippen molar-refractivity contribution >= 4 is 5.97 Å². The maximum atomic E-state index is 13.5. The second-order valence-corrected chi connectivity index (χ2v) is 6.25. The molecule has 0 saturated heterocycles. The van der Waals surface area contributed by atoms with Crippen molar-refractivity contribution in [3.63, 3.8) is 0 Å². The molecular weight excluding hydrogens is 307 g/mol. The van der Waals surface area contributed by atoms with E-state index in [0.29, 0.717) is 11.6 Å². The molecule has 0 aromatic heterocycles. The first kappa shape index (κ1) is 17.1. The Bertz CT molecular complexity index is 719. The van der Waals surface area contributed by atoms with E-state index in [4.69, 9.17) is 10.00 Å². The van der Waals surface area contributed by atoms with Gasteiger partial charge in [0.1, 0.15) is 12.4 Å². The summed E-state index contributed by atoms with van der Waals surface area (Å²) >= 11 is 0. The molecule has 6 heteroatoms. The van der Waals surface area contributed by atoms with Gasteiger partial charge in [-0.05, 0) is 24.3 Å². The number of hydrogen-bond acceptors (Lipinski definition) is 3. The average Bonchev–Trinajstić information content (AvgIpc) is 3.01. The van der Waals surface area contributed by atoms with Gasteiger partial charge < -0.3 is 4.74 Å². The number of nitriles is 1. The first-order valence-electron chi connectivity index (χ1n) is 7.07. The van der Waals surface area contributed by atoms with Crippen LogP contribution >= 0.6 is 0 Å². The first-order chi connectivity index (χ1) is 10.7. The lowest BCUT2D eigenvalue weighted by molar-refractivity contribution is -0.147. The van der Waals surface area contributed by atoms with Gasteiger partial charge in [0, 0.05) is 17.2 Å². The van der Waals surface area contributed by atoms with Crippen molar-refractivity contribution < 1.29 is 22.7 Å². The molecule has 0 amide bonds. The number of halogens is 3. The number of hydrogen-bond donors (Lipinski definition) is 0. The fourth-order valence-corrected chi connectivity index (χ4v) is 2.70. The van der Waals surface area contributed by atoms with Crippen LogP contribution < -0.4 is 0 Å². The molecule has 1 aliphatic rings. The van der Waals surface area contributed by atoms with Gasteiger partial charge in [0.2, 0.25) is 0 Å².